The maximum atomic E-state index is 12.7. The van der Waals surface area contributed by atoms with Crippen LogP contribution in [0, 0.1) is 5.92 Å². The van der Waals surface area contributed by atoms with Crippen LogP contribution in [0.15, 0.2) is 22.8 Å². The molecule has 2 fully saturated rings. The van der Waals surface area contributed by atoms with E-state index in [-0.39, 0.29) is 42.6 Å². The lowest BCUT2D eigenvalue weighted by Gasteiger charge is -2.37. The molecule has 1 aromatic heterocycles. The number of ketones is 1. The van der Waals surface area contributed by atoms with Gasteiger partial charge in [0.15, 0.2) is 11.5 Å². The van der Waals surface area contributed by atoms with Gasteiger partial charge in [-0.2, -0.15) is 0 Å². The molecule has 148 valence electrons. The Hall–Kier alpha value is -2.19. The van der Waals surface area contributed by atoms with E-state index in [4.69, 9.17) is 13.9 Å². The number of piperidine rings is 1. The van der Waals surface area contributed by atoms with Crippen LogP contribution >= 0.6 is 0 Å². The lowest BCUT2D eigenvalue weighted by molar-refractivity contribution is -0.149. The van der Waals surface area contributed by atoms with Crippen molar-refractivity contribution in [1.29, 1.82) is 0 Å². The van der Waals surface area contributed by atoms with Crippen LogP contribution in [0.25, 0.3) is 0 Å². The van der Waals surface area contributed by atoms with Crippen molar-refractivity contribution in [1.82, 2.24) is 9.80 Å². The van der Waals surface area contributed by atoms with E-state index in [1.54, 1.807) is 17.0 Å². The number of nitrogens with zero attached hydrogens (tertiary/aromatic N) is 2. The Bertz CT molecular complexity index is 651. The molecule has 0 bridgehead atoms. The van der Waals surface area contributed by atoms with Crippen molar-refractivity contribution in [3.8, 4) is 0 Å². The van der Waals surface area contributed by atoms with E-state index < -0.39 is 0 Å². The Balaban J connectivity index is 1.52. The third-order valence-corrected chi connectivity index (χ3v) is 5.29. The zero-order valence-electron chi connectivity index (χ0n) is 15.6. The number of morpholine rings is 1. The van der Waals surface area contributed by atoms with Crippen LogP contribution in [-0.2, 0) is 19.1 Å². The number of furan rings is 1. The smallest absolute Gasteiger partial charge is 0.308 e. The molecule has 1 amide bonds. The monoisotopic (exact) mass is 378 g/mol. The number of rotatable bonds is 6. The van der Waals surface area contributed by atoms with Crippen LogP contribution in [0.2, 0.25) is 0 Å². The van der Waals surface area contributed by atoms with E-state index in [1.807, 2.05) is 4.90 Å². The van der Waals surface area contributed by atoms with E-state index in [9.17, 15) is 14.4 Å². The number of esters is 1. The van der Waals surface area contributed by atoms with E-state index in [2.05, 4.69) is 0 Å². The summed E-state index contributed by atoms with van der Waals surface area (Å²) in [5.74, 6) is -0.0629. The fraction of sp³-hybridized carbons (Fsp3) is 0.632. The predicted octanol–water partition coefficient (Wildman–Crippen LogP) is 0.965. The standard InChI is InChI=1S/C19H26N2O6/c1-25-19(24)14-4-6-20(7-5-14)18(23)12-21-8-10-26-13-15(21)11-16(22)17-3-2-9-27-17/h2-3,9,14-15H,4-8,10-13H2,1H3/t15-/m0/s1. The third-order valence-electron chi connectivity index (χ3n) is 5.29. The summed E-state index contributed by atoms with van der Waals surface area (Å²) in [4.78, 5) is 40.4. The molecule has 0 spiro atoms. The summed E-state index contributed by atoms with van der Waals surface area (Å²) in [6.45, 7) is 2.94. The number of carbonyl (C=O) groups is 3. The predicted molar refractivity (Wildman–Crippen MR) is 95.2 cm³/mol. The zero-order valence-corrected chi connectivity index (χ0v) is 15.6. The van der Waals surface area contributed by atoms with Crippen molar-refractivity contribution in [3.63, 3.8) is 0 Å². The molecule has 8 nitrogen and oxygen atoms in total. The van der Waals surface area contributed by atoms with Crippen molar-refractivity contribution in [3.05, 3.63) is 24.2 Å². The molecule has 8 heteroatoms. The van der Waals surface area contributed by atoms with Gasteiger partial charge < -0.3 is 18.8 Å². The Kier molecular flexibility index (Phi) is 6.63. The average Bonchev–Trinajstić information content (AvgIpc) is 3.24. The highest BCUT2D eigenvalue weighted by Crippen LogP contribution is 2.20. The van der Waals surface area contributed by atoms with Crippen LogP contribution in [0.3, 0.4) is 0 Å². The second-order valence-electron chi connectivity index (χ2n) is 6.98. The van der Waals surface area contributed by atoms with Crippen LogP contribution < -0.4 is 0 Å². The Labute approximate surface area is 158 Å². The molecule has 0 unspecified atom stereocenters. The van der Waals surface area contributed by atoms with Crippen molar-refractivity contribution < 1.29 is 28.3 Å². The van der Waals surface area contributed by atoms with Gasteiger partial charge in [0.1, 0.15) is 0 Å². The van der Waals surface area contributed by atoms with Gasteiger partial charge in [-0.25, -0.2) is 0 Å². The number of amides is 1. The fourth-order valence-corrected chi connectivity index (χ4v) is 3.64. The minimum Gasteiger partial charge on any atom is -0.469 e. The quantitative estimate of drug-likeness (QED) is 0.538. The Morgan fingerprint density at radius 3 is 2.67 bits per heavy atom. The highest BCUT2D eigenvalue weighted by atomic mass is 16.5. The summed E-state index contributed by atoms with van der Waals surface area (Å²) in [6.07, 6.45) is 2.99. The maximum absolute atomic E-state index is 12.7. The van der Waals surface area contributed by atoms with Crippen molar-refractivity contribution in [2.45, 2.75) is 25.3 Å². The molecule has 2 aliphatic heterocycles. The van der Waals surface area contributed by atoms with Crippen molar-refractivity contribution in [2.24, 2.45) is 5.92 Å². The minimum absolute atomic E-state index is 0.0238. The van der Waals surface area contributed by atoms with Crippen LogP contribution in [0.4, 0.5) is 0 Å². The summed E-state index contributed by atoms with van der Waals surface area (Å²) in [5, 5.41) is 0. The normalized spacial score (nSPS) is 21.8. The van der Waals surface area contributed by atoms with E-state index >= 15 is 0 Å². The number of carbonyl (C=O) groups excluding carboxylic acids is 3. The first-order chi connectivity index (χ1) is 13.1. The SMILES string of the molecule is COC(=O)C1CCN(C(=O)CN2CCOC[C@@H]2CC(=O)c2ccco2)CC1. The molecule has 0 aromatic carbocycles. The molecule has 3 heterocycles. The molecule has 0 N–H and O–H groups in total. The first-order valence-corrected chi connectivity index (χ1v) is 9.32. The number of hydrogen-bond donors (Lipinski definition) is 0. The summed E-state index contributed by atoms with van der Waals surface area (Å²) < 4.78 is 15.5. The number of methoxy groups -OCH3 is 1. The minimum atomic E-state index is -0.202. The van der Waals surface area contributed by atoms with Gasteiger partial charge in [-0.05, 0) is 25.0 Å². The molecular weight excluding hydrogens is 352 g/mol. The number of Topliss-reactive ketones (excluding diaryl/α,β-unsaturated/α-hetero) is 1. The lowest BCUT2D eigenvalue weighted by atomic mass is 9.97. The average molecular weight is 378 g/mol. The molecule has 2 saturated heterocycles. The molecule has 0 aliphatic carbocycles. The van der Waals surface area contributed by atoms with Crippen LogP contribution in [0.5, 0.6) is 0 Å². The molecule has 27 heavy (non-hydrogen) atoms. The van der Waals surface area contributed by atoms with Crippen LogP contribution in [-0.4, -0.2) is 80.0 Å². The van der Waals surface area contributed by atoms with E-state index in [1.165, 1.54) is 13.4 Å². The van der Waals surface area contributed by atoms with Gasteiger partial charge in [0.2, 0.25) is 5.91 Å². The second-order valence-corrected chi connectivity index (χ2v) is 6.98. The zero-order chi connectivity index (χ0) is 19.2. The third kappa shape index (κ3) is 4.95. The van der Waals surface area contributed by atoms with Gasteiger partial charge in [-0.1, -0.05) is 0 Å². The van der Waals surface area contributed by atoms with Gasteiger partial charge in [-0.15, -0.1) is 0 Å². The Morgan fingerprint density at radius 2 is 2.00 bits per heavy atom. The maximum Gasteiger partial charge on any atom is 0.308 e. The summed E-state index contributed by atoms with van der Waals surface area (Å²) in [6, 6.07) is 3.18. The first kappa shape index (κ1) is 19.6. The molecule has 2 aliphatic rings. The van der Waals surface area contributed by atoms with Crippen LogP contribution in [0.1, 0.15) is 29.8 Å². The fourth-order valence-electron chi connectivity index (χ4n) is 3.64. The summed E-state index contributed by atoms with van der Waals surface area (Å²) in [7, 11) is 1.39. The van der Waals surface area contributed by atoms with Crippen molar-refractivity contribution in [2.75, 3.05) is 46.5 Å². The van der Waals surface area contributed by atoms with E-state index in [0.29, 0.717) is 51.4 Å². The molecule has 0 saturated carbocycles. The summed E-state index contributed by atoms with van der Waals surface area (Å²) in [5.41, 5.74) is 0. The van der Waals surface area contributed by atoms with Gasteiger partial charge in [0.25, 0.3) is 0 Å². The second kappa shape index (κ2) is 9.14. The number of likely N-dealkylation sites (tertiary alicyclic amines) is 1. The lowest BCUT2D eigenvalue weighted by Crippen LogP contribution is -2.52. The summed E-state index contributed by atoms with van der Waals surface area (Å²) >= 11 is 0. The molecule has 1 aromatic rings. The first-order valence-electron chi connectivity index (χ1n) is 9.32. The Morgan fingerprint density at radius 1 is 1.22 bits per heavy atom. The highest BCUT2D eigenvalue weighted by molar-refractivity contribution is 5.93. The van der Waals surface area contributed by atoms with Gasteiger partial charge in [-0.3, -0.25) is 19.3 Å². The molecule has 1 atom stereocenters. The highest BCUT2D eigenvalue weighted by Gasteiger charge is 2.32. The number of ether oxygens (including phenoxy) is 2. The molecule has 3 rings (SSSR count). The van der Waals surface area contributed by atoms with Gasteiger partial charge in [0, 0.05) is 32.1 Å². The molecular formula is C19H26N2O6. The topological polar surface area (TPSA) is 89.3 Å². The number of hydrogen-bond acceptors (Lipinski definition) is 7. The largest absolute Gasteiger partial charge is 0.469 e. The van der Waals surface area contributed by atoms with Gasteiger partial charge in [0.05, 0.1) is 39.0 Å². The van der Waals surface area contributed by atoms with E-state index in [0.717, 1.165) is 0 Å². The van der Waals surface area contributed by atoms with Crippen molar-refractivity contribution >= 4 is 17.7 Å². The molecule has 0 radical (unpaired) electrons. The van der Waals surface area contributed by atoms with Gasteiger partial charge >= 0.3 is 5.97 Å².